The molecule has 0 aromatic heterocycles. The van der Waals surface area contributed by atoms with Crippen LogP contribution in [0.1, 0.15) is 38.5 Å². The molecule has 1 aliphatic carbocycles. The van der Waals surface area contributed by atoms with Crippen LogP contribution in [0.25, 0.3) is 0 Å². The zero-order valence-electron chi connectivity index (χ0n) is 12.5. The summed E-state index contributed by atoms with van der Waals surface area (Å²) in [6.45, 7) is 2.21. The lowest BCUT2D eigenvalue weighted by Crippen LogP contribution is -2.59. The molecule has 2 atom stereocenters. The van der Waals surface area contributed by atoms with Crippen molar-refractivity contribution in [3.8, 4) is 0 Å². The van der Waals surface area contributed by atoms with Gasteiger partial charge < -0.3 is 9.84 Å². The SMILES string of the molecule is O=S(=O)(N1CCC(CO)CC1)N1CCOC2CCCCC21. The van der Waals surface area contributed by atoms with Crippen molar-refractivity contribution in [1.82, 2.24) is 8.61 Å². The predicted octanol–water partition coefficient (Wildman–Crippen LogP) is 0.579. The first-order valence-electron chi connectivity index (χ1n) is 8.12. The van der Waals surface area contributed by atoms with Gasteiger partial charge in [-0.3, -0.25) is 0 Å². The van der Waals surface area contributed by atoms with Crippen LogP contribution in [-0.4, -0.2) is 67.1 Å². The van der Waals surface area contributed by atoms with E-state index in [0.29, 0.717) is 26.2 Å². The molecular weight excluding hydrogens is 292 g/mol. The molecule has 0 aromatic rings. The van der Waals surface area contributed by atoms with Gasteiger partial charge in [-0.1, -0.05) is 12.8 Å². The van der Waals surface area contributed by atoms with E-state index in [1.54, 1.807) is 8.61 Å². The summed E-state index contributed by atoms with van der Waals surface area (Å²) >= 11 is 0. The monoisotopic (exact) mass is 318 g/mol. The number of morpholine rings is 1. The van der Waals surface area contributed by atoms with Crippen LogP contribution in [-0.2, 0) is 14.9 Å². The Morgan fingerprint density at radius 2 is 1.76 bits per heavy atom. The number of rotatable bonds is 3. The van der Waals surface area contributed by atoms with Crippen molar-refractivity contribution in [3.63, 3.8) is 0 Å². The molecule has 21 heavy (non-hydrogen) atoms. The van der Waals surface area contributed by atoms with E-state index >= 15 is 0 Å². The molecule has 0 bridgehead atoms. The summed E-state index contributed by atoms with van der Waals surface area (Å²) in [6.07, 6.45) is 5.71. The minimum atomic E-state index is -3.38. The average molecular weight is 318 g/mol. The Hall–Kier alpha value is -0.210. The summed E-state index contributed by atoms with van der Waals surface area (Å²) in [7, 11) is -3.38. The first-order chi connectivity index (χ1) is 10.1. The van der Waals surface area contributed by atoms with Gasteiger partial charge in [0.05, 0.1) is 18.8 Å². The molecule has 0 aromatic carbocycles. The van der Waals surface area contributed by atoms with Crippen molar-refractivity contribution in [3.05, 3.63) is 0 Å². The van der Waals surface area contributed by atoms with E-state index in [2.05, 4.69) is 0 Å². The lowest BCUT2D eigenvalue weighted by Gasteiger charge is -2.45. The van der Waals surface area contributed by atoms with Gasteiger partial charge in [-0.25, -0.2) is 0 Å². The number of nitrogens with zero attached hydrogens (tertiary/aromatic N) is 2. The smallest absolute Gasteiger partial charge is 0.282 e. The minimum absolute atomic E-state index is 0.0214. The Kier molecular flexibility index (Phi) is 4.85. The highest BCUT2D eigenvalue weighted by Crippen LogP contribution is 2.32. The molecule has 0 spiro atoms. The van der Waals surface area contributed by atoms with E-state index in [1.807, 2.05) is 0 Å². The van der Waals surface area contributed by atoms with Gasteiger partial charge in [-0.15, -0.1) is 0 Å². The molecule has 7 heteroatoms. The first kappa shape index (κ1) is 15.7. The fourth-order valence-electron chi connectivity index (χ4n) is 3.82. The van der Waals surface area contributed by atoms with Crippen molar-refractivity contribution >= 4 is 10.2 Å². The van der Waals surface area contributed by atoms with Crippen molar-refractivity contribution in [2.45, 2.75) is 50.7 Å². The number of fused-ring (bicyclic) bond motifs is 1. The standard InChI is InChI=1S/C14H26N2O4S/c17-11-12-5-7-15(8-6-12)21(18,19)16-9-10-20-14-4-2-1-3-13(14)16/h12-14,17H,1-11H2. The predicted molar refractivity (Wildman–Crippen MR) is 79.0 cm³/mol. The third-order valence-corrected chi connectivity index (χ3v) is 7.20. The maximum atomic E-state index is 12.9. The molecule has 0 amide bonds. The first-order valence-corrected chi connectivity index (χ1v) is 9.52. The van der Waals surface area contributed by atoms with Gasteiger partial charge in [0.2, 0.25) is 0 Å². The third-order valence-electron chi connectivity index (χ3n) is 5.14. The van der Waals surface area contributed by atoms with E-state index in [0.717, 1.165) is 38.5 Å². The topological polar surface area (TPSA) is 70.1 Å². The molecule has 3 aliphatic rings. The van der Waals surface area contributed by atoms with Crippen LogP contribution >= 0.6 is 0 Å². The maximum absolute atomic E-state index is 12.9. The molecule has 2 unspecified atom stereocenters. The third kappa shape index (κ3) is 3.12. The molecular formula is C14H26N2O4S. The molecule has 1 saturated carbocycles. The van der Waals surface area contributed by atoms with Gasteiger partial charge in [0.1, 0.15) is 0 Å². The van der Waals surface area contributed by atoms with Gasteiger partial charge in [0.15, 0.2) is 0 Å². The van der Waals surface area contributed by atoms with Crippen LogP contribution in [0.2, 0.25) is 0 Å². The second-order valence-corrected chi connectivity index (χ2v) is 8.29. The van der Waals surface area contributed by atoms with Gasteiger partial charge in [-0.2, -0.15) is 17.0 Å². The van der Waals surface area contributed by atoms with Crippen molar-refractivity contribution in [2.75, 3.05) is 32.8 Å². The number of hydrogen-bond donors (Lipinski definition) is 1. The van der Waals surface area contributed by atoms with E-state index in [1.165, 1.54) is 0 Å². The summed E-state index contributed by atoms with van der Waals surface area (Å²) in [5.41, 5.74) is 0. The van der Waals surface area contributed by atoms with Crippen molar-refractivity contribution in [2.24, 2.45) is 5.92 Å². The summed E-state index contributed by atoms with van der Waals surface area (Å²) in [4.78, 5) is 0. The summed E-state index contributed by atoms with van der Waals surface area (Å²) in [6, 6.07) is 0.0214. The molecule has 6 nitrogen and oxygen atoms in total. The van der Waals surface area contributed by atoms with Crippen LogP contribution in [0.4, 0.5) is 0 Å². The minimum Gasteiger partial charge on any atom is -0.396 e. The Morgan fingerprint density at radius 1 is 1.05 bits per heavy atom. The van der Waals surface area contributed by atoms with E-state index < -0.39 is 10.2 Å². The van der Waals surface area contributed by atoms with E-state index in [-0.39, 0.29) is 24.7 Å². The fourth-order valence-corrected chi connectivity index (χ4v) is 5.68. The van der Waals surface area contributed by atoms with Crippen molar-refractivity contribution < 1.29 is 18.3 Å². The average Bonchev–Trinajstić information content (AvgIpc) is 2.54. The molecule has 3 fully saturated rings. The van der Waals surface area contributed by atoms with Crippen LogP contribution in [0.15, 0.2) is 0 Å². The highest BCUT2D eigenvalue weighted by Gasteiger charge is 2.43. The van der Waals surface area contributed by atoms with E-state index in [4.69, 9.17) is 4.74 Å². The maximum Gasteiger partial charge on any atom is 0.282 e. The number of aliphatic hydroxyl groups is 1. The molecule has 0 radical (unpaired) electrons. The lowest BCUT2D eigenvalue weighted by atomic mass is 9.91. The summed E-state index contributed by atoms with van der Waals surface area (Å²) in [5.74, 6) is 0.253. The van der Waals surface area contributed by atoms with Gasteiger partial charge >= 0.3 is 0 Å². The highest BCUT2D eigenvalue weighted by molar-refractivity contribution is 7.86. The normalized spacial score (nSPS) is 33.8. The highest BCUT2D eigenvalue weighted by atomic mass is 32.2. The zero-order chi connectivity index (χ0) is 14.9. The lowest BCUT2D eigenvalue weighted by molar-refractivity contribution is -0.0605. The van der Waals surface area contributed by atoms with Crippen LogP contribution in [0.5, 0.6) is 0 Å². The molecule has 2 saturated heterocycles. The molecule has 2 aliphatic heterocycles. The number of aliphatic hydroxyl groups excluding tert-OH is 1. The van der Waals surface area contributed by atoms with Crippen LogP contribution in [0.3, 0.4) is 0 Å². The second kappa shape index (κ2) is 6.50. The molecule has 2 heterocycles. The number of hydrogen-bond acceptors (Lipinski definition) is 4. The Morgan fingerprint density at radius 3 is 2.48 bits per heavy atom. The van der Waals surface area contributed by atoms with E-state index in [9.17, 15) is 13.5 Å². The quantitative estimate of drug-likeness (QED) is 0.826. The van der Waals surface area contributed by atoms with Crippen LogP contribution < -0.4 is 0 Å². The molecule has 122 valence electrons. The molecule has 1 N–H and O–H groups in total. The van der Waals surface area contributed by atoms with Crippen LogP contribution in [0, 0.1) is 5.92 Å². The Balaban J connectivity index is 1.71. The Labute approximate surface area is 127 Å². The van der Waals surface area contributed by atoms with Gasteiger partial charge in [-0.05, 0) is 31.6 Å². The zero-order valence-corrected chi connectivity index (χ0v) is 13.3. The van der Waals surface area contributed by atoms with Gasteiger partial charge in [0.25, 0.3) is 10.2 Å². The van der Waals surface area contributed by atoms with Crippen molar-refractivity contribution in [1.29, 1.82) is 0 Å². The van der Waals surface area contributed by atoms with Gasteiger partial charge in [0, 0.05) is 26.2 Å². The second-order valence-electron chi connectivity index (χ2n) is 6.40. The number of piperidine rings is 1. The summed E-state index contributed by atoms with van der Waals surface area (Å²) < 4.78 is 34.9. The molecule has 3 rings (SSSR count). The Bertz CT molecular complexity index is 446. The largest absolute Gasteiger partial charge is 0.396 e. The fraction of sp³-hybridized carbons (Fsp3) is 1.00. The summed E-state index contributed by atoms with van der Waals surface area (Å²) in [5, 5.41) is 9.19. The number of ether oxygens (including phenoxy) is 1.